The van der Waals surface area contributed by atoms with E-state index in [1.165, 1.54) is 10.6 Å². The molecule has 2 atom stereocenters. The number of aliphatic hydroxyl groups excluding tert-OH is 1. The van der Waals surface area contributed by atoms with Gasteiger partial charge in [0.2, 0.25) is 0 Å². The predicted molar refractivity (Wildman–Crippen MR) is 81.4 cm³/mol. The van der Waals surface area contributed by atoms with Crippen molar-refractivity contribution in [3.05, 3.63) is 40.0 Å². The van der Waals surface area contributed by atoms with E-state index < -0.39 is 0 Å². The molecule has 3 rings (SSSR count). The highest BCUT2D eigenvalue weighted by Crippen LogP contribution is 2.31. The van der Waals surface area contributed by atoms with E-state index in [4.69, 9.17) is 11.6 Å². The number of aliphatic hydroxyl groups is 1. The second-order valence-corrected chi connectivity index (χ2v) is 6.02. The summed E-state index contributed by atoms with van der Waals surface area (Å²) in [5.74, 6) is 0. The van der Waals surface area contributed by atoms with E-state index in [0.29, 0.717) is 5.02 Å². The van der Waals surface area contributed by atoms with Crippen LogP contribution in [0.4, 0.5) is 0 Å². The van der Waals surface area contributed by atoms with Crippen molar-refractivity contribution < 1.29 is 5.11 Å². The number of nitrogens with zero attached hydrogens (tertiary/aromatic N) is 3. The maximum Gasteiger partial charge on any atom is 0.251 e. The number of hydrogen-bond acceptors (Lipinski definition) is 3. The molecule has 2 aromatic heterocycles. The molecule has 0 aliphatic heterocycles. The molecule has 2 unspecified atom stereocenters. The highest BCUT2D eigenvalue weighted by atomic mass is 35.5. The van der Waals surface area contributed by atoms with Gasteiger partial charge in [-0.05, 0) is 12.8 Å². The van der Waals surface area contributed by atoms with E-state index in [1.54, 1.807) is 19.4 Å². The van der Waals surface area contributed by atoms with Crippen molar-refractivity contribution in [3.8, 4) is 11.1 Å². The van der Waals surface area contributed by atoms with Gasteiger partial charge in [-0.1, -0.05) is 24.4 Å². The number of aryl methyl sites for hydroxylation is 1. The van der Waals surface area contributed by atoms with Gasteiger partial charge in [0.15, 0.2) is 0 Å². The van der Waals surface area contributed by atoms with E-state index in [9.17, 15) is 9.90 Å². The average Bonchev–Trinajstić information content (AvgIpc) is 2.92. The van der Waals surface area contributed by atoms with Crippen LogP contribution in [0.3, 0.4) is 0 Å². The Hall–Kier alpha value is -1.59. The molecule has 0 bridgehead atoms. The Labute approximate surface area is 127 Å². The van der Waals surface area contributed by atoms with E-state index in [2.05, 4.69) is 5.10 Å². The minimum Gasteiger partial charge on any atom is -0.391 e. The van der Waals surface area contributed by atoms with Gasteiger partial charge < -0.3 is 9.67 Å². The van der Waals surface area contributed by atoms with Crippen LogP contribution < -0.4 is 5.56 Å². The summed E-state index contributed by atoms with van der Waals surface area (Å²) in [5.41, 5.74) is 1.49. The van der Waals surface area contributed by atoms with Gasteiger partial charge in [-0.25, -0.2) is 0 Å². The van der Waals surface area contributed by atoms with Gasteiger partial charge in [-0.2, -0.15) is 5.10 Å². The van der Waals surface area contributed by atoms with Crippen molar-refractivity contribution in [2.24, 2.45) is 7.05 Å². The van der Waals surface area contributed by atoms with Crippen molar-refractivity contribution in [1.29, 1.82) is 0 Å². The van der Waals surface area contributed by atoms with E-state index in [-0.39, 0.29) is 17.7 Å². The van der Waals surface area contributed by atoms with Gasteiger partial charge in [0.05, 0.1) is 23.4 Å². The van der Waals surface area contributed by atoms with Crippen LogP contribution in [0.5, 0.6) is 0 Å². The molecule has 2 aromatic rings. The first-order valence-electron chi connectivity index (χ1n) is 7.15. The molecule has 2 heterocycles. The van der Waals surface area contributed by atoms with Crippen molar-refractivity contribution >= 4 is 11.6 Å². The van der Waals surface area contributed by atoms with Crippen LogP contribution in [0.1, 0.15) is 31.7 Å². The van der Waals surface area contributed by atoms with Crippen LogP contribution in [0.25, 0.3) is 11.1 Å². The van der Waals surface area contributed by atoms with Crippen molar-refractivity contribution in [1.82, 2.24) is 14.3 Å². The summed E-state index contributed by atoms with van der Waals surface area (Å²) in [7, 11) is 1.69. The molecule has 0 spiro atoms. The smallest absolute Gasteiger partial charge is 0.251 e. The highest BCUT2D eigenvalue weighted by molar-refractivity contribution is 6.33. The first kappa shape index (κ1) is 14.4. The number of rotatable bonds is 2. The molecule has 1 fully saturated rings. The van der Waals surface area contributed by atoms with Gasteiger partial charge in [-0.15, -0.1) is 0 Å². The molecule has 0 amide bonds. The zero-order valence-electron chi connectivity index (χ0n) is 11.9. The summed E-state index contributed by atoms with van der Waals surface area (Å²) < 4.78 is 3.31. The third-order valence-electron chi connectivity index (χ3n) is 4.12. The topological polar surface area (TPSA) is 60.1 Å². The first-order valence-corrected chi connectivity index (χ1v) is 7.53. The summed E-state index contributed by atoms with van der Waals surface area (Å²) in [6.07, 6.45) is 8.92. The summed E-state index contributed by atoms with van der Waals surface area (Å²) in [4.78, 5) is 11.5. The van der Waals surface area contributed by atoms with Crippen LogP contribution in [-0.4, -0.2) is 25.6 Å². The van der Waals surface area contributed by atoms with E-state index in [1.807, 2.05) is 10.9 Å². The first-order chi connectivity index (χ1) is 10.1. The zero-order valence-corrected chi connectivity index (χ0v) is 12.6. The largest absolute Gasteiger partial charge is 0.391 e. The summed E-state index contributed by atoms with van der Waals surface area (Å²) in [5, 5.41) is 14.9. The minimum absolute atomic E-state index is 0.0267. The van der Waals surface area contributed by atoms with E-state index >= 15 is 0 Å². The maximum atomic E-state index is 11.5. The van der Waals surface area contributed by atoms with Crippen LogP contribution >= 0.6 is 11.6 Å². The molecule has 1 N–H and O–H groups in total. The molecule has 6 heteroatoms. The lowest BCUT2D eigenvalue weighted by atomic mass is 9.93. The lowest BCUT2D eigenvalue weighted by Gasteiger charge is -2.27. The molecular formula is C15H18ClN3O2. The molecule has 0 aromatic carbocycles. The fraction of sp³-hybridized carbons (Fsp3) is 0.467. The molecule has 0 radical (unpaired) electrons. The Kier molecular flexibility index (Phi) is 3.87. The van der Waals surface area contributed by atoms with Gasteiger partial charge >= 0.3 is 0 Å². The van der Waals surface area contributed by atoms with Crippen LogP contribution in [-0.2, 0) is 7.05 Å². The minimum atomic E-state index is -0.345. The lowest BCUT2D eigenvalue weighted by molar-refractivity contribution is 0.0695. The Morgan fingerprint density at radius 2 is 2.10 bits per heavy atom. The Morgan fingerprint density at radius 1 is 1.33 bits per heavy atom. The molecule has 21 heavy (non-hydrogen) atoms. The van der Waals surface area contributed by atoms with Crippen LogP contribution in [0, 0.1) is 0 Å². The Morgan fingerprint density at radius 3 is 2.86 bits per heavy atom. The maximum absolute atomic E-state index is 11.5. The second-order valence-electron chi connectivity index (χ2n) is 5.61. The van der Waals surface area contributed by atoms with Gasteiger partial charge in [0.25, 0.3) is 5.56 Å². The van der Waals surface area contributed by atoms with Crippen LogP contribution in [0.2, 0.25) is 5.02 Å². The number of hydrogen-bond donors (Lipinski definition) is 1. The molecule has 1 aliphatic carbocycles. The van der Waals surface area contributed by atoms with Crippen molar-refractivity contribution in [2.75, 3.05) is 0 Å². The van der Waals surface area contributed by atoms with Crippen LogP contribution in [0.15, 0.2) is 29.5 Å². The Bertz CT molecular complexity index is 707. The van der Waals surface area contributed by atoms with Gasteiger partial charge in [-0.3, -0.25) is 9.48 Å². The molecule has 112 valence electrons. The number of pyridine rings is 1. The molecule has 1 saturated carbocycles. The fourth-order valence-corrected chi connectivity index (χ4v) is 3.13. The predicted octanol–water partition coefficient (Wildman–Crippen LogP) is 2.38. The third kappa shape index (κ3) is 2.76. The Balaban J connectivity index is 1.95. The summed E-state index contributed by atoms with van der Waals surface area (Å²) in [6, 6.07) is 1.43. The van der Waals surface area contributed by atoms with Gasteiger partial charge in [0.1, 0.15) is 0 Å². The quantitative estimate of drug-likeness (QED) is 0.926. The summed E-state index contributed by atoms with van der Waals surface area (Å²) >= 11 is 6.16. The molecule has 5 nitrogen and oxygen atoms in total. The zero-order chi connectivity index (χ0) is 15.0. The summed E-state index contributed by atoms with van der Waals surface area (Å²) in [6.45, 7) is 0. The van der Waals surface area contributed by atoms with Crippen molar-refractivity contribution in [3.63, 3.8) is 0 Å². The number of aromatic nitrogens is 3. The lowest BCUT2D eigenvalue weighted by Crippen LogP contribution is -2.27. The SMILES string of the molecule is Cn1cc(-c2cnn(C3CCCCC3O)c2)c(Cl)cc1=O. The normalized spacial score (nSPS) is 22.4. The monoisotopic (exact) mass is 307 g/mol. The third-order valence-corrected chi connectivity index (χ3v) is 4.44. The molecular weight excluding hydrogens is 290 g/mol. The van der Waals surface area contributed by atoms with Crippen molar-refractivity contribution in [2.45, 2.75) is 37.8 Å². The molecule has 0 saturated heterocycles. The number of halogens is 1. The standard InChI is InChI=1S/C15H18ClN3O2/c1-18-9-11(12(16)6-15(18)21)10-7-17-19(8-10)13-4-2-3-5-14(13)20/h6-9,13-14,20H,2-5H2,1H3. The highest BCUT2D eigenvalue weighted by Gasteiger charge is 2.25. The second kappa shape index (κ2) is 5.66. The van der Waals surface area contributed by atoms with E-state index in [0.717, 1.165) is 36.8 Å². The average molecular weight is 308 g/mol. The van der Waals surface area contributed by atoms with Gasteiger partial charge in [0, 0.05) is 36.6 Å². The fourth-order valence-electron chi connectivity index (χ4n) is 2.88. The molecule has 1 aliphatic rings.